The van der Waals surface area contributed by atoms with E-state index in [1.54, 1.807) is 12.1 Å². The van der Waals surface area contributed by atoms with Crippen molar-refractivity contribution in [2.75, 3.05) is 13.6 Å². The van der Waals surface area contributed by atoms with Crippen LogP contribution in [0.3, 0.4) is 0 Å². The molecule has 10 heteroatoms. The van der Waals surface area contributed by atoms with Gasteiger partial charge in [-0.1, -0.05) is 29.3 Å². The van der Waals surface area contributed by atoms with Crippen molar-refractivity contribution in [3.63, 3.8) is 0 Å². The molecule has 2 amide bonds. The third kappa shape index (κ3) is 5.01. The molecule has 2 aromatic rings. The monoisotopic (exact) mass is 396 g/mol. The van der Waals surface area contributed by atoms with Crippen molar-refractivity contribution in [2.45, 2.75) is 11.8 Å². The molecule has 0 unspecified atom stereocenters. The predicted molar refractivity (Wildman–Crippen MR) is 95.9 cm³/mol. The van der Waals surface area contributed by atoms with Crippen molar-refractivity contribution >= 4 is 33.4 Å². The molecule has 0 spiro atoms. The molecule has 0 saturated heterocycles. The second-order valence-corrected chi connectivity index (χ2v) is 7.88. The smallest absolute Gasteiger partial charge is 0.271 e. The number of carbonyl (C=O) groups is 2. The highest BCUT2D eigenvalue weighted by Gasteiger charge is 2.23. The second kappa shape index (κ2) is 8.26. The Labute approximate surface area is 156 Å². The van der Waals surface area contributed by atoms with Crippen molar-refractivity contribution in [3.8, 4) is 0 Å². The Morgan fingerprint density at radius 2 is 1.77 bits per heavy atom. The summed E-state index contributed by atoms with van der Waals surface area (Å²) in [4.78, 5) is 27.6. The number of nitrogens with one attached hydrogen (secondary N) is 2. The zero-order chi connectivity index (χ0) is 19.3. The number of hydrogen-bond acceptors (Lipinski definition) is 5. The van der Waals surface area contributed by atoms with E-state index in [1.165, 1.54) is 37.5 Å². The molecule has 26 heavy (non-hydrogen) atoms. The molecule has 0 radical (unpaired) electrons. The average molecular weight is 397 g/mol. The summed E-state index contributed by atoms with van der Waals surface area (Å²) < 4.78 is 25.7. The number of hydrogen-bond donors (Lipinski definition) is 2. The zero-order valence-electron chi connectivity index (χ0n) is 14.1. The van der Waals surface area contributed by atoms with Gasteiger partial charge in [-0.05, 0) is 31.2 Å². The van der Waals surface area contributed by atoms with E-state index in [-0.39, 0.29) is 15.6 Å². The Morgan fingerprint density at radius 1 is 1.12 bits per heavy atom. The SMILES string of the molecule is Cc1ccc(S(=O)(=O)N(C)CC(=O)NNC(=O)c2ccc(Cl)nc2)cc1. The lowest BCUT2D eigenvalue weighted by Crippen LogP contribution is -2.46. The van der Waals surface area contributed by atoms with Crippen molar-refractivity contribution in [2.24, 2.45) is 0 Å². The van der Waals surface area contributed by atoms with E-state index in [1.807, 2.05) is 6.92 Å². The number of carbonyl (C=O) groups excluding carboxylic acids is 2. The van der Waals surface area contributed by atoms with Gasteiger partial charge in [-0.3, -0.25) is 20.4 Å². The van der Waals surface area contributed by atoms with Gasteiger partial charge in [0.25, 0.3) is 11.8 Å². The minimum atomic E-state index is -3.81. The summed E-state index contributed by atoms with van der Waals surface area (Å²) >= 11 is 5.63. The Hall–Kier alpha value is -2.49. The molecule has 8 nitrogen and oxygen atoms in total. The van der Waals surface area contributed by atoms with Crippen LogP contribution in [0.4, 0.5) is 0 Å². The topological polar surface area (TPSA) is 108 Å². The van der Waals surface area contributed by atoms with E-state index in [9.17, 15) is 18.0 Å². The molecule has 0 aliphatic heterocycles. The number of sulfonamides is 1. The number of aryl methyl sites for hydroxylation is 1. The number of pyridine rings is 1. The molecule has 0 fully saturated rings. The second-order valence-electron chi connectivity index (χ2n) is 5.45. The Balaban J connectivity index is 1.93. The van der Waals surface area contributed by atoms with E-state index < -0.39 is 28.4 Å². The van der Waals surface area contributed by atoms with Crippen molar-refractivity contribution in [3.05, 3.63) is 58.9 Å². The van der Waals surface area contributed by atoms with Crippen LogP contribution in [0.15, 0.2) is 47.5 Å². The van der Waals surface area contributed by atoms with Crippen molar-refractivity contribution in [1.29, 1.82) is 0 Å². The van der Waals surface area contributed by atoms with Crippen LogP contribution in [0.25, 0.3) is 0 Å². The first-order chi connectivity index (χ1) is 12.2. The number of halogens is 1. The van der Waals surface area contributed by atoms with Crippen LogP contribution < -0.4 is 10.9 Å². The van der Waals surface area contributed by atoms with Gasteiger partial charge in [0.05, 0.1) is 17.0 Å². The molecule has 0 aliphatic rings. The third-order valence-electron chi connectivity index (χ3n) is 3.40. The number of amides is 2. The Morgan fingerprint density at radius 3 is 2.35 bits per heavy atom. The number of hydrazine groups is 1. The van der Waals surface area contributed by atoms with Gasteiger partial charge in [-0.15, -0.1) is 0 Å². The molecular formula is C16H17ClN4O4S. The largest absolute Gasteiger partial charge is 0.272 e. The number of benzene rings is 1. The van der Waals surface area contributed by atoms with Crippen LogP contribution >= 0.6 is 11.6 Å². The van der Waals surface area contributed by atoms with Crippen LogP contribution in [0.1, 0.15) is 15.9 Å². The number of rotatable bonds is 5. The summed E-state index contributed by atoms with van der Waals surface area (Å²) in [6, 6.07) is 9.14. The number of aromatic nitrogens is 1. The predicted octanol–water partition coefficient (Wildman–Crippen LogP) is 1.13. The highest BCUT2D eigenvalue weighted by Crippen LogP contribution is 2.14. The zero-order valence-corrected chi connectivity index (χ0v) is 15.6. The number of nitrogens with zero attached hydrogens (tertiary/aromatic N) is 2. The maximum Gasteiger partial charge on any atom is 0.271 e. The molecule has 2 rings (SSSR count). The van der Waals surface area contributed by atoms with Gasteiger partial charge in [0.1, 0.15) is 5.15 Å². The summed E-state index contributed by atoms with van der Waals surface area (Å²) in [5.74, 6) is -1.30. The molecule has 1 aromatic heterocycles. The fourth-order valence-electron chi connectivity index (χ4n) is 1.93. The maximum absolute atomic E-state index is 12.4. The lowest BCUT2D eigenvalue weighted by atomic mass is 10.2. The van der Waals surface area contributed by atoms with Gasteiger partial charge in [0, 0.05) is 13.2 Å². The summed E-state index contributed by atoms with van der Waals surface area (Å²) in [6.07, 6.45) is 1.25. The molecular weight excluding hydrogens is 380 g/mol. The first kappa shape index (κ1) is 19.8. The van der Waals surface area contributed by atoms with Crippen LogP contribution in [0.2, 0.25) is 5.15 Å². The van der Waals surface area contributed by atoms with Crippen molar-refractivity contribution < 1.29 is 18.0 Å². The van der Waals surface area contributed by atoms with Gasteiger partial charge < -0.3 is 0 Å². The first-order valence-corrected chi connectivity index (χ1v) is 9.25. The lowest BCUT2D eigenvalue weighted by Gasteiger charge is -2.17. The minimum Gasteiger partial charge on any atom is -0.272 e. The van der Waals surface area contributed by atoms with E-state index in [0.717, 1.165) is 9.87 Å². The molecule has 0 atom stereocenters. The summed E-state index contributed by atoms with van der Waals surface area (Å²) in [5, 5.41) is 0.230. The molecule has 0 saturated carbocycles. The minimum absolute atomic E-state index is 0.0784. The first-order valence-electron chi connectivity index (χ1n) is 7.44. The fourth-order valence-corrected chi connectivity index (χ4v) is 3.16. The average Bonchev–Trinajstić information content (AvgIpc) is 2.60. The van der Waals surface area contributed by atoms with E-state index in [0.29, 0.717) is 0 Å². The highest BCUT2D eigenvalue weighted by atomic mass is 35.5. The van der Waals surface area contributed by atoms with E-state index >= 15 is 0 Å². The summed E-state index contributed by atoms with van der Waals surface area (Å²) in [5.41, 5.74) is 5.44. The lowest BCUT2D eigenvalue weighted by molar-refractivity contribution is -0.121. The van der Waals surface area contributed by atoms with Gasteiger partial charge in [-0.25, -0.2) is 13.4 Å². The van der Waals surface area contributed by atoms with Gasteiger partial charge >= 0.3 is 0 Å². The molecule has 138 valence electrons. The molecule has 1 heterocycles. The third-order valence-corrected chi connectivity index (χ3v) is 5.44. The maximum atomic E-state index is 12.4. The summed E-state index contributed by atoms with van der Waals surface area (Å²) in [7, 11) is -2.53. The van der Waals surface area contributed by atoms with Crippen LogP contribution in [-0.4, -0.2) is 43.1 Å². The van der Waals surface area contributed by atoms with Crippen LogP contribution in [0.5, 0.6) is 0 Å². The molecule has 0 aliphatic carbocycles. The Kier molecular flexibility index (Phi) is 6.30. The van der Waals surface area contributed by atoms with Crippen molar-refractivity contribution in [1.82, 2.24) is 20.1 Å². The van der Waals surface area contributed by atoms with E-state index in [4.69, 9.17) is 11.6 Å². The standard InChI is InChI=1S/C16H17ClN4O4S/c1-11-3-6-13(7-4-11)26(24,25)21(2)10-15(22)19-20-16(23)12-5-8-14(17)18-9-12/h3-9H,10H2,1-2H3,(H,19,22)(H,20,23). The highest BCUT2D eigenvalue weighted by molar-refractivity contribution is 7.89. The van der Waals surface area contributed by atoms with Gasteiger partial charge in [-0.2, -0.15) is 4.31 Å². The normalized spacial score (nSPS) is 11.2. The van der Waals surface area contributed by atoms with Crippen LogP contribution in [0, 0.1) is 6.92 Å². The van der Waals surface area contributed by atoms with Gasteiger partial charge in [0.15, 0.2) is 0 Å². The molecule has 2 N–H and O–H groups in total. The molecule has 0 bridgehead atoms. The summed E-state index contributed by atoms with van der Waals surface area (Å²) in [6.45, 7) is 1.38. The number of likely N-dealkylation sites (N-methyl/N-ethyl adjacent to an activating group) is 1. The quantitative estimate of drug-likeness (QED) is 0.581. The van der Waals surface area contributed by atoms with Gasteiger partial charge in [0.2, 0.25) is 10.0 Å². The molecule has 1 aromatic carbocycles. The Bertz CT molecular complexity index is 899. The van der Waals surface area contributed by atoms with Crippen LogP contribution in [-0.2, 0) is 14.8 Å². The fraction of sp³-hybridized carbons (Fsp3) is 0.188. The van der Waals surface area contributed by atoms with E-state index in [2.05, 4.69) is 15.8 Å².